The van der Waals surface area contributed by atoms with Crippen LogP contribution in [0.15, 0.2) is 0 Å². The summed E-state index contributed by atoms with van der Waals surface area (Å²) < 4.78 is 11.0. The van der Waals surface area contributed by atoms with E-state index in [2.05, 4.69) is 26.1 Å². The fourth-order valence-corrected chi connectivity index (χ4v) is 2.67. The Labute approximate surface area is 134 Å². The molecule has 22 heavy (non-hydrogen) atoms. The number of ether oxygens (including phenoxy) is 1. The zero-order chi connectivity index (χ0) is 17.8. The van der Waals surface area contributed by atoms with Crippen molar-refractivity contribution in [1.82, 2.24) is 5.32 Å². The summed E-state index contributed by atoms with van der Waals surface area (Å²) in [4.78, 5) is 22.9. The quantitative estimate of drug-likeness (QED) is 0.728. The van der Waals surface area contributed by atoms with Crippen LogP contribution in [0.25, 0.3) is 0 Å². The highest BCUT2D eigenvalue weighted by Gasteiger charge is 2.40. The number of carboxylic acids is 1. The smallest absolute Gasteiger partial charge is 0.407 e. The molecule has 0 aliphatic carbocycles. The Morgan fingerprint density at radius 2 is 1.64 bits per heavy atom. The zero-order valence-electron chi connectivity index (χ0n) is 15.1. The van der Waals surface area contributed by atoms with Crippen molar-refractivity contribution in [3.8, 4) is 0 Å². The van der Waals surface area contributed by atoms with Crippen LogP contribution in [0.4, 0.5) is 4.79 Å². The molecule has 0 aliphatic rings. The van der Waals surface area contributed by atoms with Crippen LogP contribution in [0.5, 0.6) is 0 Å². The second-order valence-corrected chi connectivity index (χ2v) is 12.7. The molecule has 0 spiro atoms. The average molecular weight is 334 g/mol. The van der Waals surface area contributed by atoms with Gasteiger partial charge >= 0.3 is 12.1 Å². The molecule has 0 rings (SSSR count). The summed E-state index contributed by atoms with van der Waals surface area (Å²) in [7, 11) is -2.17. The number of carbonyl (C=O) groups is 2. The van der Waals surface area contributed by atoms with E-state index >= 15 is 0 Å². The molecule has 0 aromatic rings. The van der Waals surface area contributed by atoms with Gasteiger partial charge in [0.05, 0.1) is 0 Å². The zero-order valence-corrected chi connectivity index (χ0v) is 16.1. The molecule has 6 nitrogen and oxygen atoms in total. The van der Waals surface area contributed by atoms with Crippen molar-refractivity contribution in [2.24, 2.45) is 0 Å². The molecule has 130 valence electrons. The monoisotopic (exact) mass is 333 g/mol. The molecule has 0 saturated heterocycles. The van der Waals surface area contributed by atoms with E-state index < -0.39 is 32.1 Å². The van der Waals surface area contributed by atoms with Gasteiger partial charge in [-0.25, -0.2) is 9.59 Å². The molecule has 1 amide bonds. The van der Waals surface area contributed by atoms with Crippen LogP contribution in [0, 0.1) is 0 Å². The van der Waals surface area contributed by atoms with E-state index in [0.717, 1.165) is 0 Å². The first kappa shape index (κ1) is 20.9. The van der Waals surface area contributed by atoms with Gasteiger partial charge in [0, 0.05) is 13.0 Å². The third kappa shape index (κ3) is 7.79. The highest BCUT2D eigenvalue weighted by molar-refractivity contribution is 6.74. The summed E-state index contributed by atoms with van der Waals surface area (Å²) in [6.07, 6.45) is -1.26. The summed E-state index contributed by atoms with van der Waals surface area (Å²) in [5, 5.41) is 11.8. The average Bonchev–Trinajstić information content (AvgIpc) is 2.22. The van der Waals surface area contributed by atoms with Crippen LogP contribution in [0.2, 0.25) is 18.1 Å². The van der Waals surface area contributed by atoms with Crippen LogP contribution in [0.3, 0.4) is 0 Å². The highest BCUT2D eigenvalue weighted by Crippen LogP contribution is 2.37. The van der Waals surface area contributed by atoms with Gasteiger partial charge in [-0.2, -0.15) is 0 Å². The van der Waals surface area contributed by atoms with E-state index in [-0.39, 0.29) is 18.0 Å². The van der Waals surface area contributed by atoms with Gasteiger partial charge in [0.15, 0.2) is 8.32 Å². The molecule has 0 aromatic heterocycles. The van der Waals surface area contributed by atoms with Crippen molar-refractivity contribution in [3.63, 3.8) is 0 Å². The lowest BCUT2D eigenvalue weighted by Gasteiger charge is -2.38. The van der Waals surface area contributed by atoms with Crippen molar-refractivity contribution < 1.29 is 23.9 Å². The molecule has 0 fully saturated rings. The number of hydrogen-bond acceptors (Lipinski definition) is 4. The summed E-state index contributed by atoms with van der Waals surface area (Å²) >= 11 is 0. The van der Waals surface area contributed by atoms with Crippen LogP contribution >= 0.6 is 0 Å². The molecule has 2 N–H and O–H groups in total. The molecule has 0 saturated carbocycles. The van der Waals surface area contributed by atoms with Gasteiger partial charge in [0.1, 0.15) is 11.7 Å². The minimum Gasteiger partial charge on any atom is -0.479 e. The SMILES string of the molecule is CC(C)(C)OC(=O)NCCC(O[Si](C)(C)C(C)(C)C)C(=O)O. The van der Waals surface area contributed by atoms with Crippen molar-refractivity contribution >= 4 is 20.4 Å². The molecule has 0 heterocycles. The Kier molecular flexibility index (Phi) is 7.09. The van der Waals surface area contributed by atoms with Gasteiger partial charge in [-0.15, -0.1) is 0 Å². The first-order valence-electron chi connectivity index (χ1n) is 7.53. The fraction of sp³-hybridized carbons (Fsp3) is 0.867. The van der Waals surface area contributed by atoms with Crippen LogP contribution in [-0.2, 0) is 14.0 Å². The first-order valence-corrected chi connectivity index (χ1v) is 10.4. The van der Waals surface area contributed by atoms with Gasteiger partial charge in [-0.05, 0) is 38.9 Å². The fourth-order valence-electron chi connectivity index (χ4n) is 1.38. The van der Waals surface area contributed by atoms with Crippen molar-refractivity contribution in [1.29, 1.82) is 0 Å². The lowest BCUT2D eigenvalue weighted by Crippen LogP contribution is -2.47. The third-order valence-corrected chi connectivity index (χ3v) is 8.08. The van der Waals surface area contributed by atoms with Crippen LogP contribution in [0.1, 0.15) is 48.0 Å². The summed E-state index contributed by atoms with van der Waals surface area (Å²) in [6.45, 7) is 15.7. The van der Waals surface area contributed by atoms with Crippen molar-refractivity contribution in [2.75, 3.05) is 6.54 Å². The Morgan fingerprint density at radius 1 is 1.14 bits per heavy atom. The molecule has 7 heteroatoms. The number of carboxylic acid groups (broad SMARTS) is 1. The van der Waals surface area contributed by atoms with Crippen LogP contribution < -0.4 is 5.32 Å². The predicted molar refractivity (Wildman–Crippen MR) is 88.6 cm³/mol. The summed E-state index contributed by atoms with van der Waals surface area (Å²) in [5.41, 5.74) is -0.575. The van der Waals surface area contributed by atoms with Gasteiger partial charge < -0.3 is 19.6 Å². The van der Waals surface area contributed by atoms with Gasteiger partial charge in [0.25, 0.3) is 0 Å². The molecule has 0 bridgehead atoms. The second kappa shape index (κ2) is 7.46. The molecule has 1 atom stereocenters. The number of amides is 1. The number of rotatable bonds is 6. The highest BCUT2D eigenvalue weighted by atomic mass is 28.4. The summed E-state index contributed by atoms with van der Waals surface area (Å²) in [5.74, 6) is -1.00. The van der Waals surface area contributed by atoms with Gasteiger partial charge in [-0.3, -0.25) is 0 Å². The lowest BCUT2D eigenvalue weighted by atomic mass is 10.2. The normalized spacial score (nSPS) is 14.4. The van der Waals surface area contributed by atoms with E-state index in [1.807, 2.05) is 13.1 Å². The molecule has 1 unspecified atom stereocenters. The van der Waals surface area contributed by atoms with E-state index in [1.54, 1.807) is 20.8 Å². The van der Waals surface area contributed by atoms with E-state index in [1.165, 1.54) is 0 Å². The number of hydrogen-bond donors (Lipinski definition) is 2. The van der Waals surface area contributed by atoms with Crippen LogP contribution in [-0.4, -0.2) is 43.7 Å². The molecular formula is C15H31NO5Si. The Bertz CT molecular complexity index is 396. The minimum absolute atomic E-state index is 0.0701. The Morgan fingerprint density at radius 3 is 2.00 bits per heavy atom. The Balaban J connectivity index is 4.51. The Hall–Kier alpha value is -1.08. The molecule has 0 radical (unpaired) electrons. The van der Waals surface area contributed by atoms with Crippen molar-refractivity contribution in [3.05, 3.63) is 0 Å². The van der Waals surface area contributed by atoms with Gasteiger partial charge in [0.2, 0.25) is 0 Å². The minimum atomic E-state index is -2.17. The number of nitrogens with one attached hydrogen (secondary N) is 1. The summed E-state index contributed by atoms with van der Waals surface area (Å²) in [6, 6.07) is 0. The van der Waals surface area contributed by atoms with E-state index in [0.29, 0.717) is 0 Å². The van der Waals surface area contributed by atoms with E-state index in [9.17, 15) is 14.7 Å². The lowest BCUT2D eigenvalue weighted by molar-refractivity contribution is -0.145. The maximum absolute atomic E-state index is 11.5. The predicted octanol–water partition coefficient (Wildman–Crippen LogP) is 3.38. The maximum atomic E-state index is 11.5. The largest absolute Gasteiger partial charge is 0.479 e. The maximum Gasteiger partial charge on any atom is 0.407 e. The standard InChI is InChI=1S/C15H31NO5Si/c1-14(2,3)20-13(19)16-10-9-11(12(17)18)21-22(7,8)15(4,5)6/h11H,9-10H2,1-8H3,(H,16,19)(H,17,18). The number of aliphatic carboxylic acids is 1. The number of alkyl carbamates (subject to hydrolysis) is 1. The molecule has 0 aliphatic heterocycles. The molecular weight excluding hydrogens is 302 g/mol. The van der Waals surface area contributed by atoms with Gasteiger partial charge in [-0.1, -0.05) is 20.8 Å². The third-order valence-electron chi connectivity index (χ3n) is 3.59. The number of carbonyl (C=O) groups excluding carboxylic acids is 1. The second-order valence-electron chi connectivity index (χ2n) is 7.92. The first-order chi connectivity index (χ1) is 9.66. The van der Waals surface area contributed by atoms with E-state index in [4.69, 9.17) is 9.16 Å². The molecule has 0 aromatic carbocycles. The van der Waals surface area contributed by atoms with Crippen molar-refractivity contribution in [2.45, 2.75) is 77.8 Å². The topological polar surface area (TPSA) is 84.9 Å².